The molecule has 0 aliphatic heterocycles. The number of nitrogens with one attached hydrogen (secondary N) is 1. The van der Waals surface area contributed by atoms with Crippen LogP contribution in [0.15, 0.2) is 54.6 Å². The third kappa shape index (κ3) is 6.93. The zero-order chi connectivity index (χ0) is 17.1. The van der Waals surface area contributed by atoms with Gasteiger partial charge in [0.2, 0.25) is 5.91 Å². The van der Waals surface area contributed by atoms with Crippen molar-refractivity contribution in [2.24, 2.45) is 5.73 Å². The molecule has 0 saturated carbocycles. The number of benzene rings is 2. The molecule has 2 aromatic rings. The minimum Gasteiger partial charge on any atom is -0.489 e. The van der Waals surface area contributed by atoms with E-state index in [-0.39, 0.29) is 11.9 Å². The molecular weight excluding hydrogens is 295 g/mol. The van der Waals surface area contributed by atoms with Gasteiger partial charge in [0.05, 0.1) is 13.2 Å². The first kappa shape index (κ1) is 18.6. The van der Waals surface area contributed by atoms with E-state index >= 15 is 0 Å². The van der Waals surface area contributed by atoms with E-state index in [1.54, 1.807) is 6.92 Å². The van der Waals surface area contributed by atoms with Gasteiger partial charge in [-0.15, -0.1) is 0 Å². The maximum atomic E-state index is 10.9. The number of primary amides is 1. The quantitative estimate of drug-likeness (QED) is 0.825. The lowest BCUT2D eigenvalue weighted by atomic mass is 10.2. The zero-order valence-corrected chi connectivity index (χ0v) is 13.5. The molecule has 5 heteroatoms. The van der Waals surface area contributed by atoms with E-state index in [4.69, 9.17) is 10.5 Å². The van der Waals surface area contributed by atoms with E-state index < -0.39 is 0 Å². The predicted octanol–water partition coefficient (Wildman–Crippen LogP) is 2.81. The number of carbonyl (C=O) groups is 1. The maximum absolute atomic E-state index is 10.9. The Morgan fingerprint density at radius 1 is 1.09 bits per heavy atom. The highest BCUT2D eigenvalue weighted by Gasteiger charge is 2.06. The van der Waals surface area contributed by atoms with Crippen LogP contribution in [0.4, 0.5) is 4.39 Å². The highest BCUT2D eigenvalue weighted by Crippen LogP contribution is 2.14. The van der Waals surface area contributed by atoms with Crippen molar-refractivity contribution < 1.29 is 13.9 Å². The van der Waals surface area contributed by atoms with Crippen molar-refractivity contribution in [3.05, 3.63) is 65.7 Å². The van der Waals surface area contributed by atoms with Crippen LogP contribution in [0.2, 0.25) is 0 Å². The van der Waals surface area contributed by atoms with Gasteiger partial charge < -0.3 is 15.8 Å². The van der Waals surface area contributed by atoms with Crippen molar-refractivity contribution >= 4 is 5.91 Å². The van der Waals surface area contributed by atoms with Gasteiger partial charge in [0, 0.05) is 6.54 Å². The number of rotatable bonds is 7. The topological polar surface area (TPSA) is 64.3 Å². The molecule has 0 heterocycles. The highest BCUT2D eigenvalue weighted by atomic mass is 19.1. The average Bonchev–Trinajstić information content (AvgIpc) is 2.61. The molecule has 0 fully saturated rings. The number of hydrogen-bond donors (Lipinski definition) is 2. The van der Waals surface area contributed by atoms with E-state index in [1.165, 1.54) is 0 Å². The molecule has 0 radical (unpaired) electrons. The molecule has 0 spiro atoms. The van der Waals surface area contributed by atoms with Crippen LogP contribution >= 0.6 is 0 Å². The molecule has 23 heavy (non-hydrogen) atoms. The first-order chi connectivity index (χ1) is 11.1. The van der Waals surface area contributed by atoms with E-state index in [2.05, 4.69) is 5.32 Å². The Balaban J connectivity index is 0.00000127. The van der Waals surface area contributed by atoms with Crippen molar-refractivity contribution in [1.29, 1.82) is 0 Å². The summed E-state index contributed by atoms with van der Waals surface area (Å²) in [4.78, 5) is 10.9. The second kappa shape index (κ2) is 10.3. The zero-order valence-electron chi connectivity index (χ0n) is 13.5. The fraction of sp³-hybridized carbons (Fsp3) is 0.278. The first-order valence-electron chi connectivity index (χ1n) is 7.31. The molecule has 0 unspecified atom stereocenters. The summed E-state index contributed by atoms with van der Waals surface area (Å²) in [6.07, 6.45) is 0. The van der Waals surface area contributed by atoms with E-state index in [0.717, 1.165) is 16.9 Å². The van der Waals surface area contributed by atoms with Crippen molar-refractivity contribution in [2.75, 3.05) is 7.18 Å². The average molecular weight is 318 g/mol. The van der Waals surface area contributed by atoms with Gasteiger partial charge in [0.25, 0.3) is 0 Å². The van der Waals surface area contributed by atoms with Crippen LogP contribution < -0.4 is 15.8 Å². The highest BCUT2D eigenvalue weighted by molar-refractivity contribution is 5.79. The van der Waals surface area contributed by atoms with Gasteiger partial charge >= 0.3 is 0 Å². The van der Waals surface area contributed by atoms with Crippen LogP contribution in [-0.2, 0) is 17.9 Å². The van der Waals surface area contributed by atoms with Crippen molar-refractivity contribution in [2.45, 2.75) is 26.1 Å². The predicted molar refractivity (Wildman–Crippen MR) is 89.7 cm³/mol. The second-order valence-corrected chi connectivity index (χ2v) is 4.92. The van der Waals surface area contributed by atoms with Crippen LogP contribution in [-0.4, -0.2) is 19.1 Å². The molecule has 3 N–H and O–H groups in total. The van der Waals surface area contributed by atoms with Gasteiger partial charge in [-0.05, 0) is 30.2 Å². The molecule has 1 amide bonds. The number of halogens is 1. The standard InChI is InChI=1S/C17H20N2O2.CH3F/c1-13(17(18)20)19-11-14-7-9-16(10-8-14)21-12-15-5-3-2-4-6-15;1-2/h2-10,13,19H,11-12H2,1H3,(H2,18,20);1H3/t13-;/m0./s1. The van der Waals surface area contributed by atoms with Crippen molar-refractivity contribution in [3.63, 3.8) is 0 Å². The fourth-order valence-corrected chi connectivity index (χ4v) is 1.82. The Labute approximate surface area is 136 Å². The Kier molecular flexibility index (Phi) is 8.39. The summed E-state index contributed by atoms with van der Waals surface area (Å²) in [5.74, 6) is 0.475. The lowest BCUT2D eigenvalue weighted by Gasteiger charge is -2.11. The summed E-state index contributed by atoms with van der Waals surface area (Å²) in [6.45, 7) is 2.90. The Bertz CT molecular complexity index is 573. The third-order valence-corrected chi connectivity index (χ3v) is 3.21. The normalized spacial score (nSPS) is 11.1. The molecule has 124 valence electrons. The lowest BCUT2D eigenvalue weighted by Crippen LogP contribution is -2.38. The van der Waals surface area contributed by atoms with Crippen LogP contribution in [0.25, 0.3) is 0 Å². The maximum Gasteiger partial charge on any atom is 0.234 e. The van der Waals surface area contributed by atoms with Crippen molar-refractivity contribution in [3.8, 4) is 5.75 Å². The summed E-state index contributed by atoms with van der Waals surface area (Å²) >= 11 is 0. The number of hydrogen-bond acceptors (Lipinski definition) is 3. The number of alkyl halides is 1. The number of amides is 1. The van der Waals surface area contributed by atoms with Gasteiger partial charge in [0.15, 0.2) is 0 Å². The minimum atomic E-state index is -0.349. The number of nitrogens with two attached hydrogens (primary N) is 1. The SMILES string of the molecule is CF.C[C@H](NCc1ccc(OCc2ccccc2)cc1)C(N)=O. The Morgan fingerprint density at radius 2 is 1.70 bits per heavy atom. The van der Waals surface area contributed by atoms with Crippen LogP contribution in [0.1, 0.15) is 18.1 Å². The van der Waals surface area contributed by atoms with E-state index in [9.17, 15) is 9.18 Å². The molecule has 1 atom stereocenters. The van der Waals surface area contributed by atoms with Gasteiger partial charge in [-0.2, -0.15) is 0 Å². The number of ether oxygens (including phenoxy) is 1. The summed E-state index contributed by atoms with van der Waals surface area (Å²) < 4.78 is 15.2. The summed E-state index contributed by atoms with van der Waals surface area (Å²) in [5.41, 5.74) is 7.41. The Morgan fingerprint density at radius 3 is 2.26 bits per heavy atom. The Hall–Kier alpha value is -2.40. The molecule has 0 aliphatic rings. The molecule has 4 nitrogen and oxygen atoms in total. The van der Waals surface area contributed by atoms with E-state index in [0.29, 0.717) is 20.3 Å². The molecule has 2 rings (SSSR count). The van der Waals surface area contributed by atoms with Gasteiger partial charge in [-0.25, -0.2) is 0 Å². The molecule has 0 aliphatic carbocycles. The second-order valence-electron chi connectivity index (χ2n) is 4.92. The fourth-order valence-electron chi connectivity index (χ4n) is 1.82. The van der Waals surface area contributed by atoms with Crippen LogP contribution in [0, 0.1) is 0 Å². The molecule has 0 bridgehead atoms. The largest absolute Gasteiger partial charge is 0.489 e. The van der Waals surface area contributed by atoms with Gasteiger partial charge in [-0.3, -0.25) is 9.18 Å². The monoisotopic (exact) mass is 318 g/mol. The summed E-state index contributed by atoms with van der Waals surface area (Å²) in [7, 11) is 0.500. The van der Waals surface area contributed by atoms with Crippen LogP contribution in [0.5, 0.6) is 5.75 Å². The smallest absolute Gasteiger partial charge is 0.234 e. The van der Waals surface area contributed by atoms with Gasteiger partial charge in [0.1, 0.15) is 12.4 Å². The number of carbonyl (C=O) groups excluding carboxylic acids is 1. The minimum absolute atomic E-state index is 0.334. The first-order valence-corrected chi connectivity index (χ1v) is 7.31. The van der Waals surface area contributed by atoms with Gasteiger partial charge in [-0.1, -0.05) is 42.5 Å². The van der Waals surface area contributed by atoms with Crippen molar-refractivity contribution in [1.82, 2.24) is 5.32 Å². The molecule has 2 aromatic carbocycles. The summed E-state index contributed by atoms with van der Waals surface area (Å²) in [6, 6.07) is 17.5. The van der Waals surface area contributed by atoms with E-state index in [1.807, 2.05) is 54.6 Å². The van der Waals surface area contributed by atoms with Crippen LogP contribution in [0.3, 0.4) is 0 Å². The molecule has 0 saturated heterocycles. The third-order valence-electron chi connectivity index (χ3n) is 3.21. The summed E-state index contributed by atoms with van der Waals surface area (Å²) in [5, 5.41) is 3.06. The molecular formula is C18H23FN2O2. The molecule has 0 aromatic heterocycles. The lowest BCUT2D eigenvalue weighted by molar-refractivity contribution is -0.119.